The molecule has 5 nitrogen and oxygen atoms in total. The molecule has 0 unspecified atom stereocenters. The number of nitrogens with zero attached hydrogens (tertiary/aromatic N) is 1. The molecule has 144 valence electrons. The van der Waals surface area contributed by atoms with Crippen molar-refractivity contribution < 1.29 is 18.4 Å². The topological polar surface area (TPSA) is 61.4 Å². The van der Waals surface area contributed by atoms with Crippen LogP contribution < -0.4 is 15.5 Å². The van der Waals surface area contributed by atoms with Gasteiger partial charge in [0, 0.05) is 36.2 Å². The molecule has 7 heteroatoms. The van der Waals surface area contributed by atoms with Gasteiger partial charge < -0.3 is 15.5 Å². The Morgan fingerprint density at radius 1 is 0.926 bits per heavy atom. The first-order chi connectivity index (χ1) is 12.8. The smallest absolute Gasteiger partial charge is 0.233 e. The van der Waals surface area contributed by atoms with E-state index in [4.69, 9.17) is 0 Å². The van der Waals surface area contributed by atoms with Gasteiger partial charge in [-0.3, -0.25) is 9.59 Å². The monoisotopic (exact) mass is 375 g/mol. The molecular weight excluding hydrogens is 352 g/mol. The summed E-state index contributed by atoms with van der Waals surface area (Å²) in [6.45, 7) is 7.78. The third-order valence-electron chi connectivity index (χ3n) is 4.14. The van der Waals surface area contributed by atoms with Gasteiger partial charge in [0.1, 0.15) is 6.42 Å². The molecule has 0 heterocycles. The summed E-state index contributed by atoms with van der Waals surface area (Å²) in [4.78, 5) is 26.2. The van der Waals surface area contributed by atoms with Crippen LogP contribution >= 0.6 is 0 Å². The summed E-state index contributed by atoms with van der Waals surface area (Å²) < 4.78 is 26.1. The first-order valence-corrected chi connectivity index (χ1v) is 8.74. The van der Waals surface area contributed by atoms with Crippen molar-refractivity contribution in [2.45, 2.75) is 27.2 Å². The van der Waals surface area contributed by atoms with Gasteiger partial charge in [-0.2, -0.15) is 0 Å². The fraction of sp³-hybridized carbons (Fsp3) is 0.300. The highest BCUT2D eigenvalue weighted by Gasteiger charge is 2.13. The van der Waals surface area contributed by atoms with Crippen molar-refractivity contribution in [2.24, 2.45) is 0 Å². The average Bonchev–Trinajstić information content (AvgIpc) is 2.61. The van der Waals surface area contributed by atoms with Crippen LogP contribution in [-0.4, -0.2) is 24.9 Å². The number of hydrogen-bond donors (Lipinski definition) is 2. The van der Waals surface area contributed by atoms with E-state index in [1.165, 1.54) is 6.07 Å². The zero-order valence-corrected chi connectivity index (χ0v) is 15.6. The van der Waals surface area contributed by atoms with Crippen LogP contribution in [0.3, 0.4) is 0 Å². The number of anilines is 3. The lowest BCUT2D eigenvalue weighted by atomic mass is 10.1. The lowest BCUT2D eigenvalue weighted by Gasteiger charge is -2.22. The highest BCUT2D eigenvalue weighted by Crippen LogP contribution is 2.23. The van der Waals surface area contributed by atoms with E-state index >= 15 is 0 Å². The third kappa shape index (κ3) is 5.51. The van der Waals surface area contributed by atoms with E-state index in [-0.39, 0.29) is 5.69 Å². The van der Waals surface area contributed by atoms with E-state index in [0.717, 1.165) is 36.5 Å². The molecule has 2 N–H and O–H groups in total. The Kier molecular flexibility index (Phi) is 6.87. The maximum atomic E-state index is 13.2. The van der Waals surface area contributed by atoms with Crippen molar-refractivity contribution in [3.8, 4) is 0 Å². The molecule has 0 aliphatic heterocycles. The number of nitrogens with one attached hydrogen (secondary N) is 2. The first-order valence-electron chi connectivity index (χ1n) is 8.74. The number of carbonyl (C=O) groups excluding carboxylic acids is 2. The molecular formula is C20H23F2N3O2. The van der Waals surface area contributed by atoms with Gasteiger partial charge in [0.2, 0.25) is 11.8 Å². The molecule has 2 aromatic carbocycles. The molecule has 2 aromatic rings. The Labute approximate surface area is 157 Å². The number of halogens is 2. The maximum absolute atomic E-state index is 13.2. The molecule has 0 aliphatic rings. The normalized spacial score (nSPS) is 10.4. The van der Waals surface area contributed by atoms with Crippen molar-refractivity contribution in [2.75, 3.05) is 28.6 Å². The summed E-state index contributed by atoms with van der Waals surface area (Å²) in [6.07, 6.45) is -0.434. The van der Waals surface area contributed by atoms with Gasteiger partial charge >= 0.3 is 0 Å². The molecule has 0 aliphatic carbocycles. The van der Waals surface area contributed by atoms with Crippen molar-refractivity contribution in [1.82, 2.24) is 0 Å². The van der Waals surface area contributed by atoms with Gasteiger partial charge in [0.25, 0.3) is 0 Å². The summed E-state index contributed by atoms with van der Waals surface area (Å²) in [7, 11) is 0. The molecule has 0 spiro atoms. The van der Waals surface area contributed by atoms with E-state index in [1.54, 1.807) is 6.07 Å². The predicted octanol–water partition coefficient (Wildman–Crippen LogP) is 4.09. The van der Waals surface area contributed by atoms with Crippen LogP contribution in [0.25, 0.3) is 0 Å². The number of benzene rings is 2. The summed E-state index contributed by atoms with van der Waals surface area (Å²) in [5, 5.41) is 5.06. The van der Waals surface area contributed by atoms with Crippen LogP contribution in [0.2, 0.25) is 0 Å². The molecule has 0 atom stereocenters. The quantitative estimate of drug-likeness (QED) is 0.717. The van der Waals surface area contributed by atoms with Crippen LogP contribution in [0.4, 0.5) is 25.8 Å². The van der Waals surface area contributed by atoms with Crippen LogP contribution in [0.1, 0.15) is 25.8 Å². The van der Waals surface area contributed by atoms with E-state index < -0.39 is 29.9 Å². The molecule has 2 rings (SSSR count). The molecule has 0 fully saturated rings. The van der Waals surface area contributed by atoms with E-state index in [1.807, 2.05) is 19.1 Å². The molecule has 0 saturated heterocycles. The van der Waals surface area contributed by atoms with Crippen molar-refractivity contribution in [3.05, 3.63) is 53.6 Å². The highest BCUT2D eigenvalue weighted by molar-refractivity contribution is 6.08. The number of hydrogen-bond acceptors (Lipinski definition) is 3. The van der Waals surface area contributed by atoms with E-state index in [9.17, 15) is 18.4 Å². The minimum atomic E-state index is -1.07. The largest absolute Gasteiger partial charge is 0.372 e. The van der Waals surface area contributed by atoms with Crippen LogP contribution in [-0.2, 0) is 9.59 Å². The van der Waals surface area contributed by atoms with E-state index in [2.05, 4.69) is 29.4 Å². The second-order valence-electron chi connectivity index (χ2n) is 6.07. The number of amides is 2. The van der Waals surface area contributed by atoms with Gasteiger partial charge in [0.15, 0.2) is 11.6 Å². The zero-order valence-electron chi connectivity index (χ0n) is 15.6. The minimum absolute atomic E-state index is 0.0893. The predicted molar refractivity (Wildman–Crippen MR) is 103 cm³/mol. The zero-order chi connectivity index (χ0) is 20.0. The standard InChI is InChI=1S/C20H23F2N3O2/c1-4-25(5-2)15-7-9-18(13(3)10-15)24-20(27)12-19(26)23-14-6-8-16(21)17(22)11-14/h6-11H,4-5,12H2,1-3H3,(H,23,26)(H,24,27). The van der Waals surface area contributed by atoms with Crippen LogP contribution in [0.5, 0.6) is 0 Å². The number of rotatable bonds is 7. The van der Waals surface area contributed by atoms with Crippen molar-refractivity contribution in [3.63, 3.8) is 0 Å². The fourth-order valence-electron chi connectivity index (χ4n) is 2.69. The summed E-state index contributed by atoms with van der Waals surface area (Å²) >= 11 is 0. The molecule has 2 amide bonds. The Morgan fingerprint density at radius 2 is 1.59 bits per heavy atom. The summed E-state index contributed by atoms with van der Waals surface area (Å²) in [6, 6.07) is 8.69. The average molecular weight is 375 g/mol. The third-order valence-corrected chi connectivity index (χ3v) is 4.14. The number of carbonyl (C=O) groups is 2. The summed E-state index contributed by atoms with van der Waals surface area (Å²) in [5.41, 5.74) is 2.66. The molecule has 0 radical (unpaired) electrons. The highest BCUT2D eigenvalue weighted by atomic mass is 19.2. The van der Waals surface area contributed by atoms with Gasteiger partial charge in [-0.15, -0.1) is 0 Å². The summed E-state index contributed by atoms with van der Waals surface area (Å²) in [5.74, 6) is -3.18. The lowest BCUT2D eigenvalue weighted by molar-refractivity contribution is -0.123. The molecule has 27 heavy (non-hydrogen) atoms. The van der Waals surface area contributed by atoms with Gasteiger partial charge in [-0.1, -0.05) is 0 Å². The van der Waals surface area contributed by atoms with Gasteiger partial charge in [0.05, 0.1) is 0 Å². The lowest BCUT2D eigenvalue weighted by Crippen LogP contribution is -2.23. The molecule has 0 aromatic heterocycles. The van der Waals surface area contributed by atoms with Crippen molar-refractivity contribution in [1.29, 1.82) is 0 Å². The fourth-order valence-corrected chi connectivity index (χ4v) is 2.69. The molecule has 0 saturated carbocycles. The Morgan fingerprint density at radius 3 is 2.19 bits per heavy atom. The van der Waals surface area contributed by atoms with Crippen molar-refractivity contribution >= 4 is 28.9 Å². The maximum Gasteiger partial charge on any atom is 0.233 e. The second-order valence-corrected chi connectivity index (χ2v) is 6.07. The minimum Gasteiger partial charge on any atom is -0.372 e. The van der Waals surface area contributed by atoms with Gasteiger partial charge in [-0.25, -0.2) is 8.78 Å². The SMILES string of the molecule is CCN(CC)c1ccc(NC(=O)CC(=O)Nc2ccc(F)c(F)c2)c(C)c1. The number of aryl methyl sites for hydroxylation is 1. The van der Waals surface area contributed by atoms with Crippen LogP contribution in [0.15, 0.2) is 36.4 Å². The second kappa shape index (κ2) is 9.12. The van der Waals surface area contributed by atoms with Crippen LogP contribution in [0, 0.1) is 18.6 Å². The van der Waals surface area contributed by atoms with E-state index in [0.29, 0.717) is 5.69 Å². The Balaban J connectivity index is 1.96. The molecule has 0 bridgehead atoms. The Hall–Kier alpha value is -2.96. The first kappa shape index (κ1) is 20.4. The van der Waals surface area contributed by atoms with Gasteiger partial charge in [-0.05, 0) is 56.7 Å². The Bertz CT molecular complexity index is 836.